The zero-order chi connectivity index (χ0) is 24.1. The van der Waals surface area contributed by atoms with Crippen molar-refractivity contribution in [3.05, 3.63) is 64.1 Å². The number of Topliss-reactive ketones (excluding diaryl/α,β-unsaturated/α-hetero) is 1. The number of hydrogen-bond donors (Lipinski definition) is 1. The summed E-state index contributed by atoms with van der Waals surface area (Å²) in [4.78, 5) is 42.3. The van der Waals surface area contributed by atoms with E-state index in [0.717, 1.165) is 18.4 Å². The molecule has 180 valence electrons. The summed E-state index contributed by atoms with van der Waals surface area (Å²) in [5, 5.41) is 4.11. The molecule has 0 radical (unpaired) electrons. The van der Waals surface area contributed by atoms with Crippen LogP contribution in [0.25, 0.3) is 0 Å². The predicted octanol–water partition coefficient (Wildman–Crippen LogP) is 4.31. The average Bonchev–Trinajstić information content (AvgIpc) is 3.53. The highest BCUT2D eigenvalue weighted by atomic mass is 35.5. The van der Waals surface area contributed by atoms with Crippen molar-refractivity contribution in [2.75, 3.05) is 19.7 Å². The van der Waals surface area contributed by atoms with Crippen molar-refractivity contribution in [2.45, 2.75) is 44.3 Å². The molecular weight excluding hydrogens is 477 g/mol. The van der Waals surface area contributed by atoms with Gasteiger partial charge in [0.05, 0.1) is 6.04 Å². The number of nitrogens with one attached hydrogen (secondary N) is 1. The normalized spacial score (nSPS) is 19.8. The second-order valence-corrected chi connectivity index (χ2v) is 9.41. The monoisotopic (exact) mass is 503 g/mol. The van der Waals surface area contributed by atoms with Crippen LogP contribution in [0, 0.1) is 0 Å². The maximum atomic E-state index is 13.4. The molecule has 0 spiro atoms. The van der Waals surface area contributed by atoms with Gasteiger partial charge in [0.1, 0.15) is 18.4 Å². The van der Waals surface area contributed by atoms with Crippen LogP contribution in [0.1, 0.15) is 31.2 Å². The van der Waals surface area contributed by atoms with Crippen LogP contribution in [0.3, 0.4) is 0 Å². The lowest BCUT2D eigenvalue weighted by Crippen LogP contribution is -2.53. The van der Waals surface area contributed by atoms with E-state index in [-0.39, 0.29) is 24.3 Å². The topological polar surface area (TPSA) is 79.0 Å². The second-order valence-electron chi connectivity index (χ2n) is 8.54. The van der Waals surface area contributed by atoms with E-state index >= 15 is 0 Å². The standard InChI is InChI=1S/C25H27Cl2N3O4/c26-18-7-5-17(6-8-18)15-28-25(33)30-14-2-4-22(30)24(32)29-13-1-3-21(29)23(31)16-34-20-11-9-19(27)10-12-20/h5-12,21-22H,1-4,13-16H2,(H,28,33)/t21-,22-/m0/s1. The van der Waals surface area contributed by atoms with Gasteiger partial charge in [-0.3, -0.25) is 9.59 Å². The molecule has 4 rings (SSSR count). The molecule has 0 aromatic heterocycles. The van der Waals surface area contributed by atoms with E-state index in [1.165, 1.54) is 0 Å². The molecule has 2 atom stereocenters. The Hall–Kier alpha value is -2.77. The first-order chi connectivity index (χ1) is 16.4. The molecule has 2 saturated heterocycles. The van der Waals surface area contributed by atoms with Gasteiger partial charge in [0.2, 0.25) is 5.91 Å². The van der Waals surface area contributed by atoms with Crippen molar-refractivity contribution in [2.24, 2.45) is 0 Å². The molecule has 34 heavy (non-hydrogen) atoms. The van der Waals surface area contributed by atoms with Crippen molar-refractivity contribution in [1.82, 2.24) is 15.1 Å². The fourth-order valence-corrected chi connectivity index (χ4v) is 4.74. The van der Waals surface area contributed by atoms with E-state index in [1.54, 1.807) is 46.2 Å². The Balaban J connectivity index is 1.34. The quantitative estimate of drug-likeness (QED) is 0.610. The van der Waals surface area contributed by atoms with Crippen LogP contribution in [0.4, 0.5) is 4.79 Å². The van der Waals surface area contributed by atoms with Crippen molar-refractivity contribution >= 4 is 40.9 Å². The van der Waals surface area contributed by atoms with E-state index in [4.69, 9.17) is 27.9 Å². The molecule has 7 nitrogen and oxygen atoms in total. The predicted molar refractivity (Wildman–Crippen MR) is 130 cm³/mol. The van der Waals surface area contributed by atoms with Gasteiger partial charge in [0, 0.05) is 29.7 Å². The summed E-state index contributed by atoms with van der Waals surface area (Å²) in [5.41, 5.74) is 0.922. The van der Waals surface area contributed by atoms with Crippen molar-refractivity contribution in [3.63, 3.8) is 0 Å². The Kier molecular flexibility index (Phi) is 7.95. The van der Waals surface area contributed by atoms with Gasteiger partial charge >= 0.3 is 6.03 Å². The number of benzene rings is 2. The number of ketones is 1. The zero-order valence-electron chi connectivity index (χ0n) is 18.7. The summed E-state index contributed by atoms with van der Waals surface area (Å²) in [6.45, 7) is 1.24. The average molecular weight is 504 g/mol. The molecule has 2 aliphatic heterocycles. The highest BCUT2D eigenvalue weighted by Gasteiger charge is 2.42. The minimum absolute atomic E-state index is 0.119. The number of rotatable bonds is 7. The maximum absolute atomic E-state index is 13.4. The second kappa shape index (κ2) is 11.1. The first-order valence-corrected chi connectivity index (χ1v) is 12.2. The molecule has 3 amide bonds. The summed E-state index contributed by atoms with van der Waals surface area (Å²) >= 11 is 11.8. The lowest BCUT2D eigenvalue weighted by molar-refractivity contribution is -0.141. The summed E-state index contributed by atoms with van der Waals surface area (Å²) in [5.74, 6) is 0.243. The Morgan fingerprint density at radius 2 is 1.44 bits per heavy atom. The largest absolute Gasteiger partial charge is 0.486 e. The van der Waals surface area contributed by atoms with Crippen molar-refractivity contribution in [3.8, 4) is 5.75 Å². The van der Waals surface area contributed by atoms with Gasteiger partial charge in [0.15, 0.2) is 5.78 Å². The zero-order valence-corrected chi connectivity index (χ0v) is 20.2. The van der Waals surface area contributed by atoms with Crippen LogP contribution in [0.5, 0.6) is 5.75 Å². The van der Waals surface area contributed by atoms with Crippen LogP contribution in [-0.4, -0.2) is 59.3 Å². The lowest BCUT2D eigenvalue weighted by atomic mass is 10.1. The maximum Gasteiger partial charge on any atom is 0.318 e. The minimum atomic E-state index is -0.559. The molecule has 2 heterocycles. The van der Waals surface area contributed by atoms with E-state index in [0.29, 0.717) is 48.3 Å². The number of carbonyl (C=O) groups excluding carboxylic acids is 3. The molecule has 0 aliphatic carbocycles. The summed E-state index contributed by atoms with van der Waals surface area (Å²) in [6.07, 6.45) is 2.69. The first-order valence-electron chi connectivity index (χ1n) is 11.4. The first kappa shape index (κ1) is 24.4. The van der Waals surface area contributed by atoms with Gasteiger partial charge in [-0.2, -0.15) is 0 Å². The van der Waals surface area contributed by atoms with E-state index in [2.05, 4.69) is 5.32 Å². The lowest BCUT2D eigenvalue weighted by Gasteiger charge is -2.31. The summed E-state index contributed by atoms with van der Waals surface area (Å²) < 4.78 is 5.60. The van der Waals surface area contributed by atoms with E-state index in [9.17, 15) is 14.4 Å². The Labute approximate surface area is 208 Å². The van der Waals surface area contributed by atoms with E-state index in [1.807, 2.05) is 12.1 Å². The summed E-state index contributed by atoms with van der Waals surface area (Å²) in [7, 11) is 0. The molecule has 0 unspecified atom stereocenters. The van der Waals surface area contributed by atoms with E-state index < -0.39 is 12.1 Å². The van der Waals surface area contributed by atoms with Crippen LogP contribution in [0.15, 0.2) is 48.5 Å². The molecule has 0 saturated carbocycles. The molecule has 1 N–H and O–H groups in total. The SMILES string of the molecule is O=C(COc1ccc(Cl)cc1)[C@@H]1CCCN1C(=O)[C@@H]1CCCN1C(=O)NCc1ccc(Cl)cc1. The number of nitrogens with zero attached hydrogens (tertiary/aromatic N) is 2. The third kappa shape index (κ3) is 5.83. The Morgan fingerprint density at radius 1 is 0.853 bits per heavy atom. The van der Waals surface area contributed by atoms with Gasteiger partial charge in [-0.05, 0) is 67.6 Å². The Morgan fingerprint density at radius 3 is 2.12 bits per heavy atom. The molecule has 2 aromatic rings. The van der Waals surface area contributed by atoms with Crippen LogP contribution >= 0.6 is 23.2 Å². The minimum Gasteiger partial charge on any atom is -0.486 e. The van der Waals surface area contributed by atoms with Gasteiger partial charge in [-0.15, -0.1) is 0 Å². The molecule has 2 aromatic carbocycles. The molecule has 9 heteroatoms. The highest BCUT2D eigenvalue weighted by Crippen LogP contribution is 2.26. The highest BCUT2D eigenvalue weighted by molar-refractivity contribution is 6.30. The number of hydrogen-bond acceptors (Lipinski definition) is 4. The molecular formula is C25H27Cl2N3O4. The third-order valence-electron chi connectivity index (χ3n) is 6.26. The Bertz CT molecular complexity index is 948. The van der Waals surface area contributed by atoms with Crippen LogP contribution in [0.2, 0.25) is 10.0 Å². The fraction of sp³-hybridized carbons (Fsp3) is 0.400. The number of halogens is 2. The number of carbonyl (C=O) groups is 3. The number of amides is 3. The van der Waals surface area contributed by atoms with Gasteiger partial charge in [-0.25, -0.2) is 4.79 Å². The smallest absolute Gasteiger partial charge is 0.318 e. The van der Waals surface area contributed by atoms with Crippen molar-refractivity contribution < 1.29 is 19.1 Å². The molecule has 2 aliphatic rings. The van der Waals surface area contributed by atoms with Gasteiger partial charge in [-0.1, -0.05) is 35.3 Å². The number of ether oxygens (including phenoxy) is 1. The number of likely N-dealkylation sites (tertiary alicyclic amines) is 2. The van der Waals surface area contributed by atoms with Crippen molar-refractivity contribution in [1.29, 1.82) is 0 Å². The molecule has 0 bridgehead atoms. The van der Waals surface area contributed by atoms with Crippen LogP contribution < -0.4 is 10.1 Å². The van der Waals surface area contributed by atoms with Gasteiger partial charge in [0.25, 0.3) is 0 Å². The fourth-order valence-electron chi connectivity index (χ4n) is 4.49. The van der Waals surface area contributed by atoms with Gasteiger partial charge < -0.3 is 19.9 Å². The number of urea groups is 1. The molecule has 2 fully saturated rings. The third-order valence-corrected chi connectivity index (χ3v) is 6.76. The summed E-state index contributed by atoms with van der Waals surface area (Å²) in [6, 6.07) is 12.7. The van der Waals surface area contributed by atoms with Crippen LogP contribution in [-0.2, 0) is 16.1 Å².